The average molecular weight is 255 g/mol. The van der Waals surface area contributed by atoms with Crippen LogP contribution in [0.5, 0.6) is 0 Å². The maximum atomic E-state index is 13.0. The van der Waals surface area contributed by atoms with Crippen molar-refractivity contribution in [3.8, 4) is 0 Å². The molecule has 0 radical (unpaired) electrons. The van der Waals surface area contributed by atoms with Crippen LogP contribution >= 0.6 is 0 Å². The van der Waals surface area contributed by atoms with Gasteiger partial charge in [-0.15, -0.1) is 0 Å². The van der Waals surface area contributed by atoms with Gasteiger partial charge in [0.25, 0.3) is 0 Å². The molecule has 4 heteroatoms. The van der Waals surface area contributed by atoms with Gasteiger partial charge in [0.1, 0.15) is 0 Å². The lowest BCUT2D eigenvalue weighted by atomic mass is 10.1. The fourth-order valence-corrected chi connectivity index (χ4v) is 2.03. The molecule has 0 unspecified atom stereocenters. The molecule has 2 nitrogen and oxygen atoms in total. The van der Waals surface area contributed by atoms with E-state index in [2.05, 4.69) is 13.8 Å². The van der Waals surface area contributed by atoms with Gasteiger partial charge in [-0.25, -0.2) is 8.78 Å². The van der Waals surface area contributed by atoms with Gasteiger partial charge in [0, 0.05) is 11.6 Å². The summed E-state index contributed by atoms with van der Waals surface area (Å²) in [6.45, 7) is 4.34. The molecule has 0 aliphatic heterocycles. The quantitative estimate of drug-likeness (QED) is 0.727. The molecule has 0 spiro atoms. The van der Waals surface area contributed by atoms with Gasteiger partial charge >= 0.3 is 0 Å². The molecule has 0 bridgehead atoms. The number of benzene rings is 1. The third-order valence-corrected chi connectivity index (χ3v) is 3.20. The van der Waals surface area contributed by atoms with Crippen LogP contribution < -0.4 is 0 Å². The Morgan fingerprint density at radius 2 is 1.83 bits per heavy atom. The van der Waals surface area contributed by atoms with Crippen molar-refractivity contribution in [2.75, 3.05) is 13.6 Å². The molecular weight excluding hydrogens is 236 g/mol. The smallest absolute Gasteiger partial charge is 0.176 e. The van der Waals surface area contributed by atoms with Crippen LogP contribution in [0.3, 0.4) is 0 Å². The Bertz CT molecular complexity index is 416. The number of ketones is 1. The normalized spacial score (nSPS) is 11.3. The van der Waals surface area contributed by atoms with Crippen molar-refractivity contribution in [3.05, 3.63) is 35.4 Å². The number of halogens is 2. The van der Waals surface area contributed by atoms with Crippen molar-refractivity contribution < 1.29 is 13.6 Å². The first-order valence-corrected chi connectivity index (χ1v) is 6.18. The predicted molar refractivity (Wildman–Crippen MR) is 67.7 cm³/mol. The highest BCUT2D eigenvalue weighted by molar-refractivity contribution is 5.97. The number of Topliss-reactive ketones (excluding diaryl/α,β-unsaturated/α-hetero) is 1. The van der Waals surface area contributed by atoms with E-state index < -0.39 is 11.6 Å². The van der Waals surface area contributed by atoms with Gasteiger partial charge in [-0.05, 0) is 38.1 Å². The minimum Gasteiger partial charge on any atom is -0.296 e. The van der Waals surface area contributed by atoms with Crippen LogP contribution in [0.2, 0.25) is 0 Å². The number of carbonyl (C=O) groups is 1. The SMILES string of the molecule is CCC(CC)N(C)CC(=O)c1ccc(F)c(F)c1. The minimum atomic E-state index is -0.981. The minimum absolute atomic E-state index is 0.191. The summed E-state index contributed by atoms with van der Waals surface area (Å²) in [6.07, 6.45) is 1.91. The number of hydrogen-bond acceptors (Lipinski definition) is 2. The summed E-state index contributed by atoms with van der Waals surface area (Å²) >= 11 is 0. The highest BCUT2D eigenvalue weighted by atomic mass is 19.2. The van der Waals surface area contributed by atoms with Gasteiger partial charge in [-0.2, -0.15) is 0 Å². The van der Waals surface area contributed by atoms with Gasteiger partial charge in [-0.3, -0.25) is 9.69 Å². The van der Waals surface area contributed by atoms with E-state index in [9.17, 15) is 13.6 Å². The van der Waals surface area contributed by atoms with Crippen LogP contribution in [0.1, 0.15) is 37.0 Å². The van der Waals surface area contributed by atoms with E-state index in [4.69, 9.17) is 0 Å². The largest absolute Gasteiger partial charge is 0.296 e. The van der Waals surface area contributed by atoms with E-state index >= 15 is 0 Å². The van der Waals surface area contributed by atoms with Crippen LogP contribution in [0.4, 0.5) is 8.78 Å². The second-order valence-electron chi connectivity index (χ2n) is 4.44. The molecule has 0 fully saturated rings. The summed E-state index contributed by atoms with van der Waals surface area (Å²) in [7, 11) is 1.87. The molecule has 0 aliphatic rings. The molecule has 0 atom stereocenters. The second-order valence-corrected chi connectivity index (χ2v) is 4.44. The molecule has 0 saturated carbocycles. The standard InChI is InChI=1S/C14H19F2NO/c1-4-11(5-2)17(3)9-14(18)10-6-7-12(15)13(16)8-10/h6-8,11H,4-5,9H2,1-3H3. The van der Waals surface area contributed by atoms with Crippen LogP contribution in [0.25, 0.3) is 0 Å². The van der Waals surface area contributed by atoms with Crippen molar-refractivity contribution in [2.24, 2.45) is 0 Å². The summed E-state index contributed by atoms with van der Waals surface area (Å²) in [4.78, 5) is 13.9. The monoisotopic (exact) mass is 255 g/mol. The van der Waals surface area contributed by atoms with E-state index in [1.54, 1.807) is 0 Å². The highest BCUT2D eigenvalue weighted by Crippen LogP contribution is 2.11. The topological polar surface area (TPSA) is 20.3 Å². The molecule has 1 aromatic rings. The Morgan fingerprint density at radius 3 is 2.33 bits per heavy atom. The summed E-state index contributed by atoms with van der Waals surface area (Å²) in [6, 6.07) is 3.60. The third-order valence-electron chi connectivity index (χ3n) is 3.20. The Labute approximate surface area is 107 Å². The molecule has 1 aromatic carbocycles. The molecule has 0 saturated heterocycles. The van der Waals surface area contributed by atoms with Crippen molar-refractivity contribution in [2.45, 2.75) is 32.7 Å². The Morgan fingerprint density at radius 1 is 1.22 bits per heavy atom. The molecule has 0 N–H and O–H groups in total. The maximum Gasteiger partial charge on any atom is 0.176 e. The predicted octanol–water partition coefficient (Wildman–Crippen LogP) is 3.27. The van der Waals surface area contributed by atoms with E-state index in [-0.39, 0.29) is 17.9 Å². The van der Waals surface area contributed by atoms with Crippen molar-refractivity contribution in [3.63, 3.8) is 0 Å². The fraction of sp³-hybridized carbons (Fsp3) is 0.500. The van der Waals surface area contributed by atoms with E-state index in [1.165, 1.54) is 6.07 Å². The Kier molecular flexibility index (Phi) is 5.41. The summed E-state index contributed by atoms with van der Waals surface area (Å²) < 4.78 is 25.8. The van der Waals surface area contributed by atoms with Crippen LogP contribution in [-0.4, -0.2) is 30.3 Å². The third kappa shape index (κ3) is 3.60. The molecule has 0 aliphatic carbocycles. The lowest BCUT2D eigenvalue weighted by molar-refractivity contribution is 0.0915. The van der Waals surface area contributed by atoms with Crippen molar-refractivity contribution in [1.82, 2.24) is 4.90 Å². The summed E-state index contributed by atoms with van der Waals surface area (Å²) in [5.74, 6) is -2.10. The van der Waals surface area contributed by atoms with Gasteiger partial charge in [-0.1, -0.05) is 13.8 Å². The average Bonchev–Trinajstić information content (AvgIpc) is 2.34. The molecule has 0 amide bonds. The number of nitrogens with zero attached hydrogens (tertiary/aromatic N) is 1. The number of rotatable bonds is 6. The fourth-order valence-electron chi connectivity index (χ4n) is 2.03. The zero-order valence-corrected chi connectivity index (χ0v) is 11.0. The van der Waals surface area contributed by atoms with Crippen LogP contribution in [0.15, 0.2) is 18.2 Å². The number of carbonyl (C=O) groups excluding carboxylic acids is 1. The number of likely N-dealkylation sites (N-methyl/N-ethyl adjacent to an activating group) is 1. The zero-order valence-electron chi connectivity index (χ0n) is 11.0. The van der Waals surface area contributed by atoms with Crippen molar-refractivity contribution in [1.29, 1.82) is 0 Å². The molecule has 0 heterocycles. The number of hydrogen-bond donors (Lipinski definition) is 0. The van der Waals surface area contributed by atoms with Gasteiger partial charge in [0.2, 0.25) is 0 Å². The van der Waals surface area contributed by atoms with Crippen molar-refractivity contribution >= 4 is 5.78 Å². The molecular formula is C14H19F2NO. The summed E-state index contributed by atoms with van der Waals surface area (Å²) in [5.41, 5.74) is 0.215. The zero-order chi connectivity index (χ0) is 13.7. The maximum absolute atomic E-state index is 13.0. The molecule has 100 valence electrons. The van der Waals surface area contributed by atoms with Crippen LogP contribution in [0, 0.1) is 11.6 Å². The Balaban J connectivity index is 2.73. The van der Waals surface area contributed by atoms with Gasteiger partial charge < -0.3 is 0 Å². The first kappa shape index (κ1) is 14.8. The molecule has 0 aromatic heterocycles. The lowest BCUT2D eigenvalue weighted by Gasteiger charge is -2.25. The second kappa shape index (κ2) is 6.59. The molecule has 1 rings (SSSR count). The summed E-state index contributed by atoms with van der Waals surface area (Å²) in [5, 5.41) is 0. The van der Waals surface area contributed by atoms with Gasteiger partial charge in [0.05, 0.1) is 6.54 Å². The van der Waals surface area contributed by atoms with E-state index in [1.807, 2.05) is 11.9 Å². The van der Waals surface area contributed by atoms with E-state index in [0.29, 0.717) is 6.04 Å². The van der Waals surface area contributed by atoms with Gasteiger partial charge in [0.15, 0.2) is 17.4 Å². The molecule has 18 heavy (non-hydrogen) atoms. The van der Waals surface area contributed by atoms with Crippen LogP contribution in [-0.2, 0) is 0 Å². The first-order valence-electron chi connectivity index (χ1n) is 6.18. The highest BCUT2D eigenvalue weighted by Gasteiger charge is 2.16. The lowest BCUT2D eigenvalue weighted by Crippen LogP contribution is -2.35. The Hall–Kier alpha value is -1.29. The first-order chi connectivity index (χ1) is 8.49. The van der Waals surface area contributed by atoms with E-state index in [0.717, 1.165) is 25.0 Å².